The summed E-state index contributed by atoms with van der Waals surface area (Å²) in [5.74, 6) is 0.860. The van der Waals surface area contributed by atoms with E-state index in [1.54, 1.807) is 12.4 Å². The lowest BCUT2D eigenvalue weighted by Gasteiger charge is -2.28. The predicted molar refractivity (Wildman–Crippen MR) is 121 cm³/mol. The lowest BCUT2D eigenvalue weighted by atomic mass is 10.1. The van der Waals surface area contributed by atoms with Crippen LogP contribution in [0.2, 0.25) is 0 Å². The molecule has 1 amide bonds. The van der Waals surface area contributed by atoms with Crippen LogP contribution in [0.1, 0.15) is 46.3 Å². The number of carbonyl (C=O) groups excluding carboxylic acids is 1. The standard InChI is InChI=1S/C25H28N4O/c1-18-6-7-20(16-19(18)2)17-28-25(30)22-10-8-21(9-11-22)23-24(27-13-12-26-23)29-14-4-3-5-15-29/h6-13,16H,3-5,14-15,17H2,1-2H3,(H,28,30). The normalized spacial score (nSPS) is 13.9. The molecule has 3 aromatic rings. The smallest absolute Gasteiger partial charge is 0.251 e. The van der Waals surface area contributed by atoms with Crippen LogP contribution in [-0.2, 0) is 6.54 Å². The fourth-order valence-electron chi connectivity index (χ4n) is 3.85. The summed E-state index contributed by atoms with van der Waals surface area (Å²) >= 11 is 0. The first-order valence-corrected chi connectivity index (χ1v) is 10.6. The topological polar surface area (TPSA) is 58.1 Å². The van der Waals surface area contributed by atoms with Gasteiger partial charge in [-0.2, -0.15) is 0 Å². The molecule has 0 bridgehead atoms. The number of rotatable bonds is 5. The van der Waals surface area contributed by atoms with Gasteiger partial charge in [-0.05, 0) is 61.9 Å². The molecule has 30 heavy (non-hydrogen) atoms. The van der Waals surface area contributed by atoms with Crippen molar-refractivity contribution in [3.63, 3.8) is 0 Å². The number of aryl methyl sites for hydroxylation is 2. The predicted octanol–water partition coefficient (Wildman–Crippen LogP) is 4.68. The van der Waals surface area contributed by atoms with Crippen LogP contribution in [-0.4, -0.2) is 29.0 Å². The Morgan fingerprint density at radius 1 is 0.933 bits per heavy atom. The van der Waals surface area contributed by atoms with Gasteiger partial charge in [0.1, 0.15) is 5.69 Å². The Labute approximate surface area is 178 Å². The maximum absolute atomic E-state index is 12.6. The number of nitrogens with one attached hydrogen (secondary N) is 1. The Bertz CT molecular complexity index is 1020. The summed E-state index contributed by atoms with van der Waals surface area (Å²) < 4.78 is 0. The van der Waals surface area contributed by atoms with E-state index in [0.717, 1.165) is 35.7 Å². The van der Waals surface area contributed by atoms with E-state index >= 15 is 0 Å². The van der Waals surface area contributed by atoms with E-state index in [1.807, 2.05) is 24.3 Å². The van der Waals surface area contributed by atoms with E-state index in [-0.39, 0.29) is 5.91 Å². The molecule has 1 aliphatic rings. The average Bonchev–Trinajstić information content (AvgIpc) is 2.80. The molecular formula is C25H28N4O. The Hall–Kier alpha value is -3.21. The van der Waals surface area contributed by atoms with Crippen molar-refractivity contribution in [1.29, 1.82) is 0 Å². The van der Waals surface area contributed by atoms with Gasteiger partial charge in [0.2, 0.25) is 0 Å². The summed E-state index contributed by atoms with van der Waals surface area (Å²) in [6, 6.07) is 13.9. The molecule has 1 aromatic heterocycles. The van der Waals surface area contributed by atoms with Gasteiger partial charge in [0.25, 0.3) is 5.91 Å². The third kappa shape index (κ3) is 4.51. The van der Waals surface area contributed by atoms with Gasteiger partial charge in [0, 0.05) is 43.2 Å². The van der Waals surface area contributed by atoms with E-state index in [0.29, 0.717) is 12.1 Å². The van der Waals surface area contributed by atoms with E-state index in [1.165, 1.54) is 30.4 Å². The minimum Gasteiger partial charge on any atom is -0.355 e. The summed E-state index contributed by atoms with van der Waals surface area (Å²) in [6.07, 6.45) is 7.14. The summed E-state index contributed by atoms with van der Waals surface area (Å²) in [4.78, 5) is 24.1. The first kappa shape index (κ1) is 20.1. The van der Waals surface area contributed by atoms with Crippen LogP contribution < -0.4 is 10.2 Å². The zero-order valence-corrected chi connectivity index (χ0v) is 17.7. The van der Waals surface area contributed by atoms with Crippen molar-refractivity contribution >= 4 is 11.7 Å². The highest BCUT2D eigenvalue weighted by molar-refractivity contribution is 5.94. The number of carbonyl (C=O) groups is 1. The molecule has 0 radical (unpaired) electrons. The van der Waals surface area contributed by atoms with Gasteiger partial charge < -0.3 is 10.2 Å². The van der Waals surface area contributed by atoms with Crippen molar-refractivity contribution < 1.29 is 4.79 Å². The van der Waals surface area contributed by atoms with Gasteiger partial charge in [-0.1, -0.05) is 30.3 Å². The highest BCUT2D eigenvalue weighted by Gasteiger charge is 2.18. The Balaban J connectivity index is 1.46. The van der Waals surface area contributed by atoms with Crippen molar-refractivity contribution in [1.82, 2.24) is 15.3 Å². The average molecular weight is 401 g/mol. The van der Waals surface area contributed by atoms with Crippen LogP contribution in [0.15, 0.2) is 54.9 Å². The SMILES string of the molecule is Cc1ccc(CNC(=O)c2ccc(-c3nccnc3N3CCCCC3)cc2)cc1C. The Morgan fingerprint density at radius 3 is 2.40 bits per heavy atom. The van der Waals surface area contributed by atoms with Gasteiger partial charge in [-0.15, -0.1) is 0 Å². The molecule has 0 spiro atoms. The summed E-state index contributed by atoms with van der Waals surface area (Å²) in [6.45, 7) is 6.73. The molecule has 5 nitrogen and oxygen atoms in total. The van der Waals surface area contributed by atoms with Crippen molar-refractivity contribution in [2.75, 3.05) is 18.0 Å². The van der Waals surface area contributed by atoms with Gasteiger partial charge in [0.15, 0.2) is 5.82 Å². The van der Waals surface area contributed by atoms with Crippen LogP contribution in [0.3, 0.4) is 0 Å². The first-order chi connectivity index (χ1) is 14.6. The highest BCUT2D eigenvalue weighted by Crippen LogP contribution is 2.28. The molecule has 1 fully saturated rings. The number of aromatic nitrogens is 2. The van der Waals surface area contributed by atoms with Crippen LogP contribution in [0.4, 0.5) is 5.82 Å². The molecule has 2 heterocycles. The van der Waals surface area contributed by atoms with Gasteiger partial charge in [-0.25, -0.2) is 4.98 Å². The zero-order chi connectivity index (χ0) is 20.9. The van der Waals surface area contributed by atoms with Gasteiger partial charge in [-0.3, -0.25) is 9.78 Å². The minimum absolute atomic E-state index is 0.0739. The first-order valence-electron chi connectivity index (χ1n) is 10.6. The van der Waals surface area contributed by atoms with Crippen molar-refractivity contribution in [2.45, 2.75) is 39.7 Å². The third-order valence-corrected chi connectivity index (χ3v) is 5.78. The second kappa shape index (κ2) is 9.08. The maximum atomic E-state index is 12.6. The molecule has 0 unspecified atom stereocenters. The van der Waals surface area contributed by atoms with Crippen LogP contribution in [0, 0.1) is 13.8 Å². The van der Waals surface area contributed by atoms with Gasteiger partial charge in [0.05, 0.1) is 0 Å². The molecular weight excluding hydrogens is 372 g/mol. The van der Waals surface area contributed by atoms with E-state index in [9.17, 15) is 4.79 Å². The van der Waals surface area contributed by atoms with Crippen molar-refractivity contribution in [2.24, 2.45) is 0 Å². The Morgan fingerprint density at radius 2 is 1.67 bits per heavy atom. The summed E-state index contributed by atoms with van der Waals surface area (Å²) in [5.41, 5.74) is 6.10. The fraction of sp³-hybridized carbons (Fsp3) is 0.320. The van der Waals surface area contributed by atoms with Crippen LogP contribution in [0.5, 0.6) is 0 Å². The third-order valence-electron chi connectivity index (χ3n) is 5.78. The van der Waals surface area contributed by atoms with Crippen molar-refractivity contribution in [3.8, 4) is 11.3 Å². The zero-order valence-electron chi connectivity index (χ0n) is 17.7. The monoisotopic (exact) mass is 400 g/mol. The maximum Gasteiger partial charge on any atom is 0.251 e. The van der Waals surface area contributed by atoms with Crippen LogP contribution in [0.25, 0.3) is 11.3 Å². The van der Waals surface area contributed by atoms with Crippen molar-refractivity contribution in [3.05, 3.63) is 77.1 Å². The number of benzene rings is 2. The molecule has 4 rings (SSSR count). The summed E-state index contributed by atoms with van der Waals surface area (Å²) in [7, 11) is 0. The second-order valence-corrected chi connectivity index (χ2v) is 7.95. The van der Waals surface area contributed by atoms with E-state index in [2.05, 4.69) is 52.2 Å². The van der Waals surface area contributed by atoms with E-state index in [4.69, 9.17) is 0 Å². The molecule has 1 N–H and O–H groups in total. The quantitative estimate of drug-likeness (QED) is 0.676. The van der Waals surface area contributed by atoms with Crippen LogP contribution >= 0.6 is 0 Å². The number of amides is 1. The largest absolute Gasteiger partial charge is 0.355 e. The molecule has 2 aromatic carbocycles. The van der Waals surface area contributed by atoms with Gasteiger partial charge >= 0.3 is 0 Å². The number of hydrogen-bond acceptors (Lipinski definition) is 4. The molecule has 5 heteroatoms. The minimum atomic E-state index is -0.0739. The Kier molecular flexibility index (Phi) is 6.07. The molecule has 0 aliphatic carbocycles. The number of nitrogens with zero attached hydrogens (tertiary/aromatic N) is 3. The number of anilines is 1. The molecule has 1 aliphatic heterocycles. The highest BCUT2D eigenvalue weighted by atomic mass is 16.1. The lowest BCUT2D eigenvalue weighted by Crippen LogP contribution is -2.30. The second-order valence-electron chi connectivity index (χ2n) is 7.95. The molecule has 1 saturated heterocycles. The number of piperidine rings is 1. The molecule has 0 saturated carbocycles. The summed E-state index contributed by atoms with van der Waals surface area (Å²) in [5, 5.41) is 3.01. The molecule has 0 atom stereocenters. The molecule has 154 valence electrons. The lowest BCUT2D eigenvalue weighted by molar-refractivity contribution is 0.0951. The fourth-order valence-corrected chi connectivity index (χ4v) is 3.85. The number of hydrogen-bond donors (Lipinski definition) is 1. The van der Waals surface area contributed by atoms with E-state index < -0.39 is 0 Å².